The first-order valence-corrected chi connectivity index (χ1v) is 11.0. The fraction of sp³-hybridized carbons (Fsp3) is 0.185. The summed E-state index contributed by atoms with van der Waals surface area (Å²) in [6.45, 7) is 5.48. The lowest BCUT2D eigenvalue weighted by molar-refractivity contribution is -0.191. The van der Waals surface area contributed by atoms with Gasteiger partial charge in [0.1, 0.15) is 6.61 Å². The molecule has 0 amide bonds. The average molecular weight is 446 g/mol. The van der Waals surface area contributed by atoms with Gasteiger partial charge in [0.15, 0.2) is 0 Å². The van der Waals surface area contributed by atoms with E-state index in [1.54, 1.807) is 0 Å². The van der Waals surface area contributed by atoms with Gasteiger partial charge in [0, 0.05) is 34.0 Å². The molecule has 0 aliphatic carbocycles. The first-order valence-electron chi connectivity index (χ1n) is 10.2. The molecule has 3 aromatic rings. The minimum absolute atomic E-state index is 0.382. The maximum absolute atomic E-state index is 5.16. The molecule has 1 heterocycles. The highest BCUT2D eigenvalue weighted by molar-refractivity contribution is 9.12. The van der Waals surface area contributed by atoms with Crippen molar-refractivity contribution in [2.45, 2.75) is 24.9 Å². The van der Waals surface area contributed by atoms with Gasteiger partial charge >= 0.3 is 0 Å². The minimum atomic E-state index is -0.382. The Balaban J connectivity index is 1.88. The van der Waals surface area contributed by atoms with Crippen molar-refractivity contribution in [1.29, 1.82) is 0 Å². The molecule has 29 heavy (non-hydrogen) atoms. The van der Waals surface area contributed by atoms with Gasteiger partial charge in [0.05, 0.1) is 0 Å². The van der Waals surface area contributed by atoms with Crippen LogP contribution in [0, 0.1) is 0 Å². The number of rotatable bonds is 5. The van der Waals surface area contributed by atoms with Crippen LogP contribution < -0.4 is 0 Å². The molecule has 4 rings (SSSR count). The van der Waals surface area contributed by atoms with Crippen molar-refractivity contribution in [3.05, 3.63) is 124 Å². The zero-order valence-electron chi connectivity index (χ0n) is 16.5. The van der Waals surface area contributed by atoms with E-state index in [4.69, 9.17) is 4.74 Å². The second kappa shape index (κ2) is 8.94. The molecule has 1 aliphatic heterocycles. The second-order valence-corrected chi connectivity index (χ2v) is 8.26. The maximum Gasteiger partial charge on any atom is 0.217 e. The van der Waals surface area contributed by atoms with Crippen molar-refractivity contribution in [1.82, 2.24) is 0 Å². The molecule has 1 atom stereocenters. The lowest BCUT2D eigenvalue weighted by Crippen LogP contribution is -2.39. The monoisotopic (exact) mass is 445 g/mol. The van der Waals surface area contributed by atoms with E-state index >= 15 is 0 Å². The summed E-state index contributed by atoms with van der Waals surface area (Å²) < 4.78 is 6.19. The summed E-state index contributed by atoms with van der Waals surface area (Å²) in [4.78, 5) is 0. The molecule has 1 aliphatic rings. The molecule has 0 aromatic heterocycles. The molecule has 146 valence electrons. The van der Waals surface area contributed by atoms with Crippen LogP contribution >= 0.6 is 15.9 Å². The molecule has 1 saturated heterocycles. The Kier molecular flexibility index (Phi) is 6.13. The Labute approximate surface area is 181 Å². The molecule has 3 aromatic carbocycles. The summed E-state index contributed by atoms with van der Waals surface area (Å²) in [5.74, 6) is 0. The summed E-state index contributed by atoms with van der Waals surface area (Å²) in [5.41, 5.74) is 5.38. The minimum Gasteiger partial charge on any atom is -0.422 e. The number of hydrogen-bond donors (Lipinski definition) is 0. The highest BCUT2D eigenvalue weighted by atomic mass is 79.9. The first-order chi connectivity index (χ1) is 14.2. The van der Waals surface area contributed by atoms with Crippen molar-refractivity contribution in [2.75, 3.05) is 6.61 Å². The zero-order valence-corrected chi connectivity index (χ0v) is 18.1. The Morgan fingerprint density at radius 1 is 0.759 bits per heavy atom. The van der Waals surface area contributed by atoms with E-state index < -0.39 is 0 Å². The van der Waals surface area contributed by atoms with E-state index in [0.717, 1.165) is 41.5 Å². The third kappa shape index (κ3) is 4.01. The van der Waals surface area contributed by atoms with E-state index in [1.807, 2.05) is 0 Å². The van der Waals surface area contributed by atoms with Gasteiger partial charge in [-0.25, -0.2) is 0 Å². The third-order valence-corrected chi connectivity index (χ3v) is 6.56. The Hall–Kier alpha value is -2.42. The van der Waals surface area contributed by atoms with E-state index in [1.165, 1.54) is 16.7 Å². The number of benzene rings is 3. The molecule has 0 saturated carbocycles. The molecule has 0 radical (unpaired) electrons. The number of halogens is 1. The van der Waals surface area contributed by atoms with Gasteiger partial charge in [-0.2, -0.15) is 0 Å². The van der Waals surface area contributed by atoms with Crippen molar-refractivity contribution >= 4 is 21.5 Å². The maximum atomic E-state index is 5.16. The lowest BCUT2D eigenvalue weighted by Gasteiger charge is -2.36. The van der Waals surface area contributed by atoms with Crippen LogP contribution in [0.2, 0.25) is 0 Å². The van der Waals surface area contributed by atoms with Crippen LogP contribution in [0.4, 0.5) is 0 Å². The topological polar surface area (TPSA) is 12.8 Å². The van der Waals surface area contributed by atoms with Crippen LogP contribution in [0.25, 0.3) is 5.57 Å². The fourth-order valence-corrected chi connectivity index (χ4v) is 4.96. The quantitative estimate of drug-likeness (QED) is 0.296. The van der Waals surface area contributed by atoms with Crippen LogP contribution in [-0.2, 0) is 5.60 Å². The fourth-order valence-electron chi connectivity index (χ4n) is 4.17. The molecule has 0 spiro atoms. The lowest BCUT2D eigenvalue weighted by atomic mass is 9.79. The summed E-state index contributed by atoms with van der Waals surface area (Å²) in [6.07, 6.45) is 3.29. The number of aliphatic hydroxyl groups is 2. The molecule has 0 bridgehead atoms. The molecular weight excluding hydrogens is 420 g/mol. The van der Waals surface area contributed by atoms with Crippen LogP contribution in [-0.4, -0.2) is 11.3 Å². The molecule has 2 heteroatoms. The van der Waals surface area contributed by atoms with Crippen molar-refractivity contribution in [3.8, 4) is 0 Å². The highest BCUT2D eigenvalue weighted by Gasteiger charge is 2.44. The van der Waals surface area contributed by atoms with Crippen molar-refractivity contribution in [2.24, 2.45) is 0 Å². The van der Waals surface area contributed by atoms with E-state index in [2.05, 4.69) is 114 Å². The molecule has 1 nitrogen and oxygen atoms in total. The molecular formula is C27H26BrO+. The second-order valence-electron chi connectivity index (χ2n) is 7.46. The zero-order chi connectivity index (χ0) is 20.1. The summed E-state index contributed by atoms with van der Waals surface area (Å²) in [6, 6.07) is 31.7. The number of ether oxygens (including phenoxy) is 1. The molecule has 1 N–H and O–H groups in total. The van der Waals surface area contributed by atoms with Gasteiger partial charge in [-0.05, 0) is 33.5 Å². The van der Waals surface area contributed by atoms with E-state index in [0.29, 0.717) is 0 Å². The summed E-state index contributed by atoms with van der Waals surface area (Å²) in [5, 5.41) is 0. The normalized spacial score (nSPS) is 18.8. The van der Waals surface area contributed by atoms with E-state index in [-0.39, 0.29) is 5.60 Å². The van der Waals surface area contributed by atoms with Gasteiger partial charge < -0.3 is 4.74 Å². The first kappa shape index (κ1) is 19.9. The summed E-state index contributed by atoms with van der Waals surface area (Å²) in [7, 11) is 0. The standard InChI is InChI=1S/C27H25BrO/c1-21(27(19-11-12-20-29-27)24-17-9-4-10-18-24)26(28)25(22-13-5-2-6-14-22)23-15-7-3-8-16-23/h2-10,13-18H,1,11-12,19-20H2/p+1. The summed E-state index contributed by atoms with van der Waals surface area (Å²) >= 11 is 3.97. The van der Waals surface area contributed by atoms with Gasteiger partial charge in [-0.1, -0.05) is 97.6 Å². The van der Waals surface area contributed by atoms with Gasteiger partial charge in [-0.3, -0.25) is 0 Å². The Bertz CT molecular complexity index is 943. The Morgan fingerprint density at radius 3 is 1.76 bits per heavy atom. The largest absolute Gasteiger partial charge is 0.422 e. The van der Waals surface area contributed by atoms with Crippen LogP contribution in [0.3, 0.4) is 0 Å². The van der Waals surface area contributed by atoms with Crippen LogP contribution in [0.5, 0.6) is 0 Å². The van der Waals surface area contributed by atoms with Crippen LogP contribution in [0.15, 0.2) is 108 Å². The van der Waals surface area contributed by atoms with Crippen molar-refractivity contribution in [3.63, 3.8) is 0 Å². The third-order valence-electron chi connectivity index (χ3n) is 5.69. The van der Waals surface area contributed by atoms with Crippen molar-refractivity contribution < 1.29 is 4.74 Å². The SMILES string of the molecule is C=C(C(Br)=C(c1ccccc1)c1ccccc1)C1(c2ccccc2)CCCC[OH+]1. The Morgan fingerprint density at radius 2 is 1.28 bits per heavy atom. The smallest absolute Gasteiger partial charge is 0.217 e. The predicted octanol–water partition coefficient (Wildman–Crippen LogP) is 7.00. The van der Waals surface area contributed by atoms with Gasteiger partial charge in [-0.15, -0.1) is 0 Å². The molecule has 1 fully saturated rings. The van der Waals surface area contributed by atoms with Gasteiger partial charge in [0.2, 0.25) is 5.60 Å². The van der Waals surface area contributed by atoms with Gasteiger partial charge in [0.25, 0.3) is 0 Å². The van der Waals surface area contributed by atoms with Crippen LogP contribution in [0.1, 0.15) is 36.0 Å². The molecule has 1 unspecified atom stereocenters. The highest BCUT2D eigenvalue weighted by Crippen LogP contribution is 2.46. The average Bonchev–Trinajstić information content (AvgIpc) is 2.81. The number of hydrogen-bond acceptors (Lipinski definition) is 0. The predicted molar refractivity (Wildman–Crippen MR) is 126 cm³/mol. The van der Waals surface area contributed by atoms with E-state index in [9.17, 15) is 0 Å².